The minimum absolute atomic E-state index is 0.0237. The van der Waals surface area contributed by atoms with E-state index in [1.807, 2.05) is 0 Å². The maximum absolute atomic E-state index is 6.29. The van der Waals surface area contributed by atoms with Crippen molar-refractivity contribution in [1.29, 1.82) is 0 Å². The van der Waals surface area contributed by atoms with Crippen molar-refractivity contribution >= 4 is 0 Å². The lowest BCUT2D eigenvalue weighted by atomic mass is 9.58. The van der Waals surface area contributed by atoms with Crippen LogP contribution in [0.5, 0.6) is 0 Å². The Labute approximate surface area is 99.9 Å². The fourth-order valence-electron chi connectivity index (χ4n) is 3.45. The Bertz CT molecular complexity index is 236. The van der Waals surface area contributed by atoms with E-state index in [9.17, 15) is 0 Å². The van der Waals surface area contributed by atoms with E-state index >= 15 is 0 Å². The zero-order valence-corrected chi connectivity index (χ0v) is 11.1. The minimum atomic E-state index is -0.0237. The average Bonchev–Trinajstić information content (AvgIpc) is 2.42. The third kappa shape index (κ3) is 2.28. The van der Waals surface area contributed by atoms with Gasteiger partial charge < -0.3 is 10.5 Å². The summed E-state index contributed by atoms with van der Waals surface area (Å²) in [5, 5.41) is 0. The van der Waals surface area contributed by atoms with Gasteiger partial charge in [0.1, 0.15) is 0 Å². The summed E-state index contributed by atoms with van der Waals surface area (Å²) in [6.07, 6.45) is 9.52. The third-order valence-electron chi connectivity index (χ3n) is 4.38. The molecule has 2 heteroatoms. The van der Waals surface area contributed by atoms with Crippen LogP contribution in [0.25, 0.3) is 0 Å². The SMILES string of the molecule is CC(C)(C)OC1CC(N)C12CCCCCC2. The van der Waals surface area contributed by atoms with Crippen molar-refractivity contribution in [2.45, 2.75) is 83.5 Å². The monoisotopic (exact) mass is 225 g/mol. The summed E-state index contributed by atoms with van der Waals surface area (Å²) in [6, 6.07) is 0.387. The Hall–Kier alpha value is -0.0800. The van der Waals surface area contributed by atoms with Crippen LogP contribution in [0.15, 0.2) is 0 Å². The van der Waals surface area contributed by atoms with E-state index in [1.54, 1.807) is 0 Å². The van der Waals surface area contributed by atoms with Gasteiger partial charge in [-0.2, -0.15) is 0 Å². The normalized spacial score (nSPS) is 34.5. The molecule has 2 aliphatic carbocycles. The van der Waals surface area contributed by atoms with E-state index in [0.717, 1.165) is 6.42 Å². The van der Waals surface area contributed by atoms with E-state index < -0.39 is 0 Å². The first-order valence-corrected chi connectivity index (χ1v) is 6.87. The molecule has 0 aromatic heterocycles. The van der Waals surface area contributed by atoms with Gasteiger partial charge in [0, 0.05) is 11.5 Å². The Morgan fingerprint density at radius 2 is 1.62 bits per heavy atom. The molecular formula is C14H27NO. The molecule has 2 fully saturated rings. The van der Waals surface area contributed by atoms with E-state index in [4.69, 9.17) is 10.5 Å². The van der Waals surface area contributed by atoms with Crippen LogP contribution in [0.4, 0.5) is 0 Å². The molecule has 2 nitrogen and oxygen atoms in total. The van der Waals surface area contributed by atoms with Gasteiger partial charge >= 0.3 is 0 Å². The highest BCUT2D eigenvalue weighted by atomic mass is 16.5. The van der Waals surface area contributed by atoms with Gasteiger partial charge in [-0.3, -0.25) is 0 Å². The van der Waals surface area contributed by atoms with Crippen molar-refractivity contribution in [2.24, 2.45) is 11.1 Å². The van der Waals surface area contributed by atoms with Crippen LogP contribution < -0.4 is 5.73 Å². The molecule has 2 aliphatic rings. The molecule has 0 aliphatic heterocycles. The molecule has 0 saturated heterocycles. The first-order chi connectivity index (χ1) is 7.44. The number of hydrogen-bond donors (Lipinski definition) is 1. The van der Waals surface area contributed by atoms with Crippen LogP contribution in [-0.2, 0) is 4.74 Å². The van der Waals surface area contributed by atoms with Crippen LogP contribution in [-0.4, -0.2) is 17.7 Å². The zero-order chi connectivity index (χ0) is 11.8. The predicted octanol–water partition coefficient (Wildman–Crippen LogP) is 3.24. The smallest absolute Gasteiger partial charge is 0.0668 e. The van der Waals surface area contributed by atoms with Crippen molar-refractivity contribution in [1.82, 2.24) is 0 Å². The van der Waals surface area contributed by atoms with Crippen molar-refractivity contribution < 1.29 is 4.74 Å². The fraction of sp³-hybridized carbons (Fsp3) is 1.00. The van der Waals surface area contributed by atoms with Gasteiger partial charge in [0.2, 0.25) is 0 Å². The molecular weight excluding hydrogens is 198 g/mol. The highest BCUT2D eigenvalue weighted by molar-refractivity contribution is 5.07. The molecule has 0 amide bonds. The summed E-state index contributed by atoms with van der Waals surface area (Å²) in [4.78, 5) is 0. The molecule has 0 heterocycles. The van der Waals surface area contributed by atoms with E-state index in [0.29, 0.717) is 17.6 Å². The Balaban J connectivity index is 2.04. The van der Waals surface area contributed by atoms with Crippen molar-refractivity contribution in [3.05, 3.63) is 0 Å². The maximum Gasteiger partial charge on any atom is 0.0668 e. The molecule has 2 saturated carbocycles. The zero-order valence-electron chi connectivity index (χ0n) is 11.1. The molecule has 1 spiro atoms. The van der Waals surface area contributed by atoms with Crippen molar-refractivity contribution in [3.63, 3.8) is 0 Å². The molecule has 16 heavy (non-hydrogen) atoms. The summed E-state index contributed by atoms with van der Waals surface area (Å²) >= 11 is 0. The molecule has 94 valence electrons. The lowest BCUT2D eigenvalue weighted by Crippen LogP contribution is -2.63. The topological polar surface area (TPSA) is 35.2 Å². The maximum atomic E-state index is 6.29. The summed E-state index contributed by atoms with van der Waals surface area (Å²) in [6.45, 7) is 6.46. The largest absolute Gasteiger partial charge is 0.372 e. The molecule has 2 N–H and O–H groups in total. The second-order valence-electron chi connectivity index (χ2n) is 6.71. The van der Waals surface area contributed by atoms with E-state index in [2.05, 4.69) is 20.8 Å². The van der Waals surface area contributed by atoms with Gasteiger partial charge in [0.05, 0.1) is 11.7 Å². The third-order valence-corrected chi connectivity index (χ3v) is 4.38. The quantitative estimate of drug-likeness (QED) is 0.743. The Kier molecular flexibility index (Phi) is 3.33. The second-order valence-corrected chi connectivity index (χ2v) is 6.71. The number of rotatable bonds is 1. The van der Waals surface area contributed by atoms with Gasteiger partial charge in [-0.1, -0.05) is 25.7 Å². The first-order valence-electron chi connectivity index (χ1n) is 6.87. The van der Waals surface area contributed by atoms with Gasteiger partial charge in [-0.15, -0.1) is 0 Å². The summed E-state index contributed by atoms with van der Waals surface area (Å²) in [5.41, 5.74) is 6.59. The second kappa shape index (κ2) is 4.30. The molecule has 0 bridgehead atoms. The minimum Gasteiger partial charge on any atom is -0.372 e. The van der Waals surface area contributed by atoms with Crippen LogP contribution in [0, 0.1) is 5.41 Å². The lowest BCUT2D eigenvalue weighted by Gasteiger charge is -2.56. The number of ether oxygens (including phenoxy) is 1. The summed E-state index contributed by atoms with van der Waals surface area (Å²) < 4.78 is 6.21. The van der Waals surface area contributed by atoms with Gasteiger partial charge in [0.15, 0.2) is 0 Å². The first kappa shape index (κ1) is 12.4. The highest BCUT2D eigenvalue weighted by Crippen LogP contribution is 2.52. The van der Waals surface area contributed by atoms with Gasteiger partial charge in [0.25, 0.3) is 0 Å². The Morgan fingerprint density at radius 1 is 1.06 bits per heavy atom. The molecule has 0 radical (unpaired) electrons. The summed E-state index contributed by atoms with van der Waals surface area (Å²) in [5.74, 6) is 0. The fourth-order valence-corrected chi connectivity index (χ4v) is 3.45. The number of nitrogens with two attached hydrogens (primary N) is 1. The summed E-state index contributed by atoms with van der Waals surface area (Å²) in [7, 11) is 0. The lowest BCUT2D eigenvalue weighted by molar-refractivity contribution is -0.185. The van der Waals surface area contributed by atoms with Crippen molar-refractivity contribution in [2.75, 3.05) is 0 Å². The molecule has 2 atom stereocenters. The molecule has 2 rings (SSSR count). The van der Waals surface area contributed by atoms with Gasteiger partial charge in [-0.05, 0) is 40.0 Å². The van der Waals surface area contributed by atoms with Crippen LogP contribution in [0.1, 0.15) is 65.7 Å². The molecule has 2 unspecified atom stereocenters. The average molecular weight is 225 g/mol. The van der Waals surface area contributed by atoms with Gasteiger partial charge in [-0.25, -0.2) is 0 Å². The molecule has 0 aromatic carbocycles. The van der Waals surface area contributed by atoms with Crippen molar-refractivity contribution in [3.8, 4) is 0 Å². The highest BCUT2D eigenvalue weighted by Gasteiger charge is 2.54. The predicted molar refractivity (Wildman–Crippen MR) is 67.4 cm³/mol. The van der Waals surface area contributed by atoms with E-state index in [1.165, 1.54) is 38.5 Å². The van der Waals surface area contributed by atoms with Crippen LogP contribution >= 0.6 is 0 Å². The van der Waals surface area contributed by atoms with Crippen LogP contribution in [0.3, 0.4) is 0 Å². The molecule has 0 aromatic rings. The standard InChI is InChI=1S/C14H27NO/c1-13(2,3)16-12-10-11(15)14(12)8-6-4-5-7-9-14/h11-12H,4-10,15H2,1-3H3. The number of hydrogen-bond acceptors (Lipinski definition) is 2. The van der Waals surface area contributed by atoms with Crippen LogP contribution in [0.2, 0.25) is 0 Å². The van der Waals surface area contributed by atoms with E-state index in [-0.39, 0.29) is 5.60 Å². The Morgan fingerprint density at radius 3 is 2.06 bits per heavy atom.